The molecule has 0 aliphatic rings. The quantitative estimate of drug-likeness (QED) is 0.542. The van der Waals surface area contributed by atoms with Gasteiger partial charge in [-0.15, -0.1) is 0 Å². The lowest BCUT2D eigenvalue weighted by molar-refractivity contribution is -0.196. The van der Waals surface area contributed by atoms with E-state index in [9.17, 15) is 22.0 Å². The van der Waals surface area contributed by atoms with Crippen molar-refractivity contribution >= 4 is 0 Å². The molecule has 0 spiro atoms. The molecule has 0 amide bonds. The van der Waals surface area contributed by atoms with Crippen LogP contribution in [0.2, 0.25) is 0 Å². The van der Waals surface area contributed by atoms with Gasteiger partial charge >= 0.3 is 6.18 Å². The van der Waals surface area contributed by atoms with Crippen LogP contribution in [0.1, 0.15) is 6.92 Å². The van der Waals surface area contributed by atoms with Crippen LogP contribution in [0.15, 0.2) is 0 Å². The molecule has 12 heavy (non-hydrogen) atoms. The third kappa shape index (κ3) is 6.29. The Hall–Kier alpha value is -0.430. The molecule has 0 aromatic carbocycles. The molecular formula is C5H8F5NO. The summed E-state index contributed by atoms with van der Waals surface area (Å²) in [6.45, 7) is -0.564. The molecule has 0 bridgehead atoms. The fourth-order valence-corrected chi connectivity index (χ4v) is 0.306. The number of hydrogen-bond acceptors (Lipinski definition) is 2. The zero-order chi connectivity index (χ0) is 9.78. The molecule has 1 N–H and O–H groups in total. The molecule has 0 aromatic rings. The van der Waals surface area contributed by atoms with Crippen molar-refractivity contribution in [2.24, 2.45) is 0 Å². The van der Waals surface area contributed by atoms with Gasteiger partial charge in [0.15, 0.2) is 6.61 Å². The Balaban J connectivity index is 3.44. The molecule has 0 aromatic heterocycles. The summed E-state index contributed by atoms with van der Waals surface area (Å²) < 4.78 is 57.3. The van der Waals surface area contributed by atoms with Crippen molar-refractivity contribution in [3.8, 4) is 0 Å². The van der Waals surface area contributed by atoms with E-state index in [0.29, 0.717) is 0 Å². The van der Waals surface area contributed by atoms with E-state index in [1.54, 1.807) is 5.48 Å². The van der Waals surface area contributed by atoms with Crippen LogP contribution >= 0.6 is 0 Å². The summed E-state index contributed by atoms with van der Waals surface area (Å²) in [6.07, 6.45) is -7.26. The first-order valence-corrected chi connectivity index (χ1v) is 3.05. The Morgan fingerprint density at radius 1 is 1.33 bits per heavy atom. The van der Waals surface area contributed by atoms with Crippen molar-refractivity contribution in [2.45, 2.75) is 25.6 Å². The maximum absolute atomic E-state index is 11.6. The van der Waals surface area contributed by atoms with Gasteiger partial charge in [-0.05, 0) is 6.92 Å². The van der Waals surface area contributed by atoms with Crippen LogP contribution in [0.4, 0.5) is 22.0 Å². The standard InChI is InChI=1S/C5H8F5NO/c1-3(4(6)7)11-12-2-5(8,9)10/h3-4,11H,2H2,1H3. The molecule has 0 radical (unpaired) electrons. The summed E-state index contributed by atoms with van der Waals surface area (Å²) in [5.74, 6) is 0. The molecule has 0 heterocycles. The number of hydrogen-bond donors (Lipinski definition) is 1. The second-order valence-corrected chi connectivity index (χ2v) is 2.14. The van der Waals surface area contributed by atoms with Crippen LogP contribution in [0.5, 0.6) is 0 Å². The molecule has 0 rings (SSSR count). The summed E-state index contributed by atoms with van der Waals surface area (Å²) in [4.78, 5) is 3.77. The molecule has 1 atom stereocenters. The van der Waals surface area contributed by atoms with Crippen molar-refractivity contribution in [1.82, 2.24) is 5.48 Å². The van der Waals surface area contributed by atoms with E-state index in [1.807, 2.05) is 0 Å². The molecule has 1 unspecified atom stereocenters. The minimum Gasteiger partial charge on any atom is -0.292 e. The van der Waals surface area contributed by atoms with E-state index in [2.05, 4.69) is 4.84 Å². The largest absolute Gasteiger partial charge is 0.413 e. The Bertz CT molecular complexity index is 125. The highest BCUT2D eigenvalue weighted by molar-refractivity contribution is 4.56. The average molecular weight is 193 g/mol. The highest BCUT2D eigenvalue weighted by atomic mass is 19.4. The number of halogens is 5. The Morgan fingerprint density at radius 3 is 2.17 bits per heavy atom. The molecule has 0 saturated heterocycles. The highest BCUT2D eigenvalue weighted by Gasteiger charge is 2.28. The van der Waals surface area contributed by atoms with E-state index in [1.165, 1.54) is 0 Å². The van der Waals surface area contributed by atoms with Gasteiger partial charge in [0.25, 0.3) is 6.43 Å². The first-order valence-electron chi connectivity index (χ1n) is 3.05. The van der Waals surface area contributed by atoms with Crippen LogP contribution in [0.25, 0.3) is 0 Å². The van der Waals surface area contributed by atoms with Crippen LogP contribution in [0.3, 0.4) is 0 Å². The Morgan fingerprint density at radius 2 is 1.83 bits per heavy atom. The highest BCUT2D eigenvalue weighted by Crippen LogP contribution is 2.13. The molecule has 2 nitrogen and oxygen atoms in total. The molecule has 74 valence electrons. The van der Waals surface area contributed by atoms with Gasteiger partial charge in [0.1, 0.15) is 0 Å². The maximum Gasteiger partial charge on any atom is 0.413 e. The molecule has 0 aliphatic heterocycles. The lowest BCUT2D eigenvalue weighted by Crippen LogP contribution is -2.35. The summed E-state index contributed by atoms with van der Waals surface area (Å²) >= 11 is 0. The molecule has 0 saturated carbocycles. The van der Waals surface area contributed by atoms with Crippen LogP contribution < -0.4 is 5.48 Å². The van der Waals surface area contributed by atoms with Crippen LogP contribution in [-0.4, -0.2) is 25.3 Å². The Labute approximate surface area is 65.6 Å². The average Bonchev–Trinajstić information content (AvgIpc) is 1.84. The van der Waals surface area contributed by atoms with Crippen LogP contribution in [0, 0.1) is 0 Å². The third-order valence-electron chi connectivity index (χ3n) is 0.883. The lowest BCUT2D eigenvalue weighted by Gasteiger charge is -2.13. The van der Waals surface area contributed by atoms with Gasteiger partial charge in [0, 0.05) is 0 Å². The van der Waals surface area contributed by atoms with E-state index < -0.39 is 25.3 Å². The van der Waals surface area contributed by atoms with Crippen molar-refractivity contribution in [2.75, 3.05) is 6.61 Å². The number of hydroxylamine groups is 1. The first-order chi connectivity index (χ1) is 5.33. The second kappa shape index (κ2) is 4.56. The van der Waals surface area contributed by atoms with Crippen molar-refractivity contribution < 1.29 is 26.8 Å². The third-order valence-corrected chi connectivity index (χ3v) is 0.883. The summed E-state index contributed by atoms with van der Waals surface area (Å²) in [5.41, 5.74) is 1.57. The minimum absolute atomic E-state index is 1.01. The minimum atomic E-state index is -4.51. The van der Waals surface area contributed by atoms with Crippen molar-refractivity contribution in [3.05, 3.63) is 0 Å². The normalized spacial score (nSPS) is 15.2. The lowest BCUT2D eigenvalue weighted by atomic mass is 10.4. The second-order valence-electron chi connectivity index (χ2n) is 2.14. The van der Waals surface area contributed by atoms with Gasteiger partial charge < -0.3 is 0 Å². The zero-order valence-electron chi connectivity index (χ0n) is 6.16. The number of alkyl halides is 5. The van der Waals surface area contributed by atoms with Gasteiger partial charge in [-0.2, -0.15) is 18.7 Å². The number of nitrogens with one attached hydrogen (secondary N) is 1. The SMILES string of the molecule is CC(NOCC(F)(F)F)C(F)F. The predicted molar refractivity (Wildman–Crippen MR) is 30.6 cm³/mol. The monoisotopic (exact) mass is 193 g/mol. The van der Waals surface area contributed by atoms with E-state index in [-0.39, 0.29) is 0 Å². The van der Waals surface area contributed by atoms with E-state index in [4.69, 9.17) is 0 Å². The topological polar surface area (TPSA) is 21.3 Å². The summed E-state index contributed by atoms with van der Waals surface area (Å²) in [5, 5.41) is 0. The van der Waals surface area contributed by atoms with E-state index >= 15 is 0 Å². The molecule has 0 aliphatic carbocycles. The predicted octanol–water partition coefficient (Wildman–Crippen LogP) is 1.72. The van der Waals surface area contributed by atoms with E-state index in [0.717, 1.165) is 6.92 Å². The van der Waals surface area contributed by atoms with Gasteiger partial charge in [-0.3, -0.25) is 4.84 Å². The van der Waals surface area contributed by atoms with Gasteiger partial charge in [0.2, 0.25) is 0 Å². The van der Waals surface area contributed by atoms with Crippen molar-refractivity contribution in [3.63, 3.8) is 0 Å². The van der Waals surface area contributed by atoms with Gasteiger partial charge in [-0.1, -0.05) is 0 Å². The molecule has 0 fully saturated rings. The molecule has 7 heteroatoms. The fourth-order valence-electron chi connectivity index (χ4n) is 0.306. The maximum atomic E-state index is 11.6. The fraction of sp³-hybridized carbons (Fsp3) is 1.00. The Kier molecular flexibility index (Phi) is 4.40. The van der Waals surface area contributed by atoms with Crippen LogP contribution in [-0.2, 0) is 4.84 Å². The number of rotatable bonds is 4. The molecular weight excluding hydrogens is 185 g/mol. The van der Waals surface area contributed by atoms with Gasteiger partial charge in [0.05, 0.1) is 6.04 Å². The summed E-state index contributed by atoms with van der Waals surface area (Å²) in [7, 11) is 0. The summed E-state index contributed by atoms with van der Waals surface area (Å²) in [6, 6.07) is -1.41. The van der Waals surface area contributed by atoms with Gasteiger partial charge in [-0.25, -0.2) is 8.78 Å². The first kappa shape index (κ1) is 11.6. The zero-order valence-corrected chi connectivity index (χ0v) is 6.16. The van der Waals surface area contributed by atoms with Crippen molar-refractivity contribution in [1.29, 1.82) is 0 Å². The smallest absolute Gasteiger partial charge is 0.292 e.